The Hall–Kier alpha value is -0.640. The minimum Gasteiger partial charge on any atom is -0.310 e. The quantitative estimate of drug-likeness (QED) is 0.711. The lowest BCUT2D eigenvalue weighted by Crippen LogP contribution is -2.23. The van der Waals surface area contributed by atoms with Crippen LogP contribution in [0.5, 0.6) is 0 Å². The lowest BCUT2D eigenvalue weighted by molar-refractivity contribution is 0.547. The van der Waals surface area contributed by atoms with Crippen molar-refractivity contribution < 1.29 is 0 Å². The fourth-order valence-corrected chi connectivity index (χ4v) is 3.16. The Morgan fingerprint density at radius 3 is 2.25 bits per heavy atom. The van der Waals surface area contributed by atoms with Crippen molar-refractivity contribution in [3.8, 4) is 0 Å². The Kier molecular flexibility index (Phi) is 5.82. The zero-order chi connectivity index (χ0) is 14.5. The molecular weight excluding hydrogens is 378 g/mol. The van der Waals surface area contributed by atoms with Gasteiger partial charge in [0.15, 0.2) is 0 Å². The monoisotopic (exact) mass is 395 g/mol. The molecule has 0 bridgehead atoms. The molecule has 20 heavy (non-hydrogen) atoms. The van der Waals surface area contributed by atoms with E-state index in [0.29, 0.717) is 6.04 Å². The molecule has 1 unspecified atom stereocenters. The van der Waals surface area contributed by atoms with Crippen LogP contribution in [0.3, 0.4) is 0 Å². The van der Waals surface area contributed by atoms with E-state index in [0.717, 1.165) is 21.9 Å². The Bertz CT molecular complexity index is 564. The van der Waals surface area contributed by atoms with Gasteiger partial charge in [-0.2, -0.15) is 0 Å². The zero-order valence-corrected chi connectivity index (χ0v) is 15.0. The van der Waals surface area contributed by atoms with E-state index in [2.05, 4.69) is 93.5 Å². The Morgan fingerprint density at radius 2 is 1.65 bits per heavy atom. The highest BCUT2D eigenvalue weighted by atomic mass is 79.9. The fourth-order valence-electron chi connectivity index (χ4n) is 2.42. The first-order valence-electron chi connectivity index (χ1n) is 6.84. The highest BCUT2D eigenvalue weighted by molar-refractivity contribution is 9.10. The maximum Gasteiger partial charge on any atom is 0.0363 e. The topological polar surface area (TPSA) is 12.0 Å². The minimum absolute atomic E-state index is 0.356. The van der Waals surface area contributed by atoms with Crippen LogP contribution in [0.2, 0.25) is 0 Å². The third-order valence-corrected chi connectivity index (χ3v) is 4.43. The SMILES string of the molecule is CCNC(Cc1ccc(Br)cc1)c1ccc(Br)cc1C. The summed E-state index contributed by atoms with van der Waals surface area (Å²) in [6, 6.07) is 15.4. The average molecular weight is 397 g/mol. The van der Waals surface area contributed by atoms with Gasteiger partial charge in [0, 0.05) is 15.0 Å². The molecular formula is C17H19Br2N. The summed E-state index contributed by atoms with van der Waals surface area (Å²) in [4.78, 5) is 0. The molecule has 0 amide bonds. The third kappa shape index (κ3) is 4.18. The summed E-state index contributed by atoms with van der Waals surface area (Å²) in [5, 5.41) is 3.60. The van der Waals surface area contributed by atoms with Gasteiger partial charge in [0.1, 0.15) is 0 Å². The molecule has 3 heteroatoms. The summed E-state index contributed by atoms with van der Waals surface area (Å²) >= 11 is 7.02. The minimum atomic E-state index is 0.356. The van der Waals surface area contributed by atoms with Gasteiger partial charge in [-0.05, 0) is 60.8 Å². The van der Waals surface area contributed by atoms with E-state index in [-0.39, 0.29) is 0 Å². The van der Waals surface area contributed by atoms with E-state index < -0.39 is 0 Å². The molecule has 2 aromatic rings. The molecule has 1 N–H and O–H groups in total. The van der Waals surface area contributed by atoms with E-state index in [9.17, 15) is 0 Å². The number of hydrogen-bond donors (Lipinski definition) is 1. The van der Waals surface area contributed by atoms with Crippen molar-refractivity contribution in [2.75, 3.05) is 6.54 Å². The van der Waals surface area contributed by atoms with Gasteiger partial charge in [-0.15, -0.1) is 0 Å². The highest BCUT2D eigenvalue weighted by Crippen LogP contribution is 2.25. The van der Waals surface area contributed by atoms with Crippen molar-refractivity contribution in [3.05, 3.63) is 68.1 Å². The molecule has 0 radical (unpaired) electrons. The van der Waals surface area contributed by atoms with Crippen molar-refractivity contribution in [1.82, 2.24) is 5.32 Å². The summed E-state index contributed by atoms with van der Waals surface area (Å²) in [5.41, 5.74) is 4.04. The number of likely N-dealkylation sites (N-methyl/N-ethyl adjacent to an activating group) is 1. The average Bonchev–Trinajstić information content (AvgIpc) is 2.41. The van der Waals surface area contributed by atoms with E-state index >= 15 is 0 Å². The lowest BCUT2D eigenvalue weighted by atomic mass is 9.95. The normalized spacial score (nSPS) is 12.4. The molecule has 0 aromatic heterocycles. The van der Waals surface area contributed by atoms with Gasteiger partial charge in [-0.25, -0.2) is 0 Å². The van der Waals surface area contributed by atoms with Crippen LogP contribution in [-0.4, -0.2) is 6.54 Å². The molecule has 0 aliphatic carbocycles. The Balaban J connectivity index is 2.24. The van der Waals surface area contributed by atoms with Crippen molar-refractivity contribution in [3.63, 3.8) is 0 Å². The summed E-state index contributed by atoms with van der Waals surface area (Å²) in [5.74, 6) is 0. The van der Waals surface area contributed by atoms with E-state index in [1.54, 1.807) is 0 Å². The first-order valence-corrected chi connectivity index (χ1v) is 8.42. The van der Waals surface area contributed by atoms with Crippen molar-refractivity contribution in [2.45, 2.75) is 26.3 Å². The molecule has 0 saturated carbocycles. The van der Waals surface area contributed by atoms with Crippen LogP contribution in [0.1, 0.15) is 29.7 Å². The number of hydrogen-bond acceptors (Lipinski definition) is 1. The summed E-state index contributed by atoms with van der Waals surface area (Å²) < 4.78 is 2.26. The molecule has 0 saturated heterocycles. The van der Waals surface area contributed by atoms with Gasteiger partial charge in [0.05, 0.1) is 0 Å². The maximum atomic E-state index is 3.60. The molecule has 0 spiro atoms. The molecule has 0 aliphatic rings. The van der Waals surface area contributed by atoms with Crippen LogP contribution in [-0.2, 0) is 6.42 Å². The van der Waals surface area contributed by atoms with Crippen LogP contribution in [0.15, 0.2) is 51.4 Å². The Morgan fingerprint density at radius 1 is 1.00 bits per heavy atom. The number of aryl methyl sites for hydroxylation is 1. The fraction of sp³-hybridized carbons (Fsp3) is 0.294. The van der Waals surface area contributed by atoms with Gasteiger partial charge >= 0.3 is 0 Å². The zero-order valence-electron chi connectivity index (χ0n) is 11.8. The predicted octanol–water partition coefficient (Wildman–Crippen LogP) is 5.41. The van der Waals surface area contributed by atoms with Gasteiger partial charge in [-0.1, -0.05) is 57.0 Å². The van der Waals surface area contributed by atoms with Crippen LogP contribution in [0.4, 0.5) is 0 Å². The molecule has 0 heterocycles. The van der Waals surface area contributed by atoms with E-state index in [4.69, 9.17) is 0 Å². The molecule has 2 aromatic carbocycles. The van der Waals surface area contributed by atoms with E-state index in [1.807, 2.05) is 0 Å². The standard InChI is InChI=1S/C17H19Br2N/c1-3-20-17(11-13-4-6-14(18)7-5-13)16-9-8-15(19)10-12(16)2/h4-10,17,20H,3,11H2,1-2H3. The molecule has 1 atom stereocenters. The number of halogens is 2. The second-order valence-electron chi connectivity index (χ2n) is 4.94. The van der Waals surface area contributed by atoms with Gasteiger partial charge in [0.25, 0.3) is 0 Å². The summed E-state index contributed by atoms with van der Waals surface area (Å²) in [7, 11) is 0. The smallest absolute Gasteiger partial charge is 0.0363 e. The third-order valence-electron chi connectivity index (χ3n) is 3.41. The van der Waals surface area contributed by atoms with Crippen molar-refractivity contribution >= 4 is 31.9 Å². The molecule has 0 aliphatic heterocycles. The lowest BCUT2D eigenvalue weighted by Gasteiger charge is -2.21. The number of benzene rings is 2. The van der Waals surface area contributed by atoms with Crippen molar-refractivity contribution in [1.29, 1.82) is 0 Å². The van der Waals surface area contributed by atoms with Crippen molar-refractivity contribution in [2.24, 2.45) is 0 Å². The summed E-state index contributed by atoms with van der Waals surface area (Å²) in [6.45, 7) is 5.30. The van der Waals surface area contributed by atoms with Crippen LogP contribution in [0.25, 0.3) is 0 Å². The second kappa shape index (κ2) is 7.39. The number of rotatable bonds is 5. The first-order chi connectivity index (χ1) is 9.60. The van der Waals surface area contributed by atoms with Gasteiger partial charge in [-0.3, -0.25) is 0 Å². The summed E-state index contributed by atoms with van der Waals surface area (Å²) in [6.07, 6.45) is 1.00. The molecule has 1 nitrogen and oxygen atoms in total. The second-order valence-corrected chi connectivity index (χ2v) is 6.77. The van der Waals surface area contributed by atoms with Gasteiger partial charge in [0.2, 0.25) is 0 Å². The molecule has 2 rings (SSSR count). The van der Waals surface area contributed by atoms with E-state index in [1.165, 1.54) is 16.7 Å². The molecule has 106 valence electrons. The first kappa shape index (κ1) is 15.7. The Labute approximate surface area is 138 Å². The van der Waals surface area contributed by atoms with Gasteiger partial charge < -0.3 is 5.32 Å². The highest BCUT2D eigenvalue weighted by Gasteiger charge is 2.13. The van der Waals surface area contributed by atoms with Crippen LogP contribution >= 0.6 is 31.9 Å². The molecule has 0 fully saturated rings. The van der Waals surface area contributed by atoms with Crippen LogP contribution < -0.4 is 5.32 Å². The number of nitrogens with one attached hydrogen (secondary N) is 1. The maximum absolute atomic E-state index is 3.60. The predicted molar refractivity (Wildman–Crippen MR) is 93.1 cm³/mol. The largest absolute Gasteiger partial charge is 0.310 e. The van der Waals surface area contributed by atoms with Crippen LogP contribution in [0, 0.1) is 6.92 Å².